The summed E-state index contributed by atoms with van der Waals surface area (Å²) in [5.41, 5.74) is 5.01. The highest BCUT2D eigenvalue weighted by Gasteiger charge is 2.21. The van der Waals surface area contributed by atoms with E-state index in [-0.39, 0.29) is 33.8 Å². The fraction of sp³-hybridized carbons (Fsp3) is 0.0625. The molecule has 4 aromatic carbocycles. The first-order valence-electron chi connectivity index (χ1n) is 13.7. The van der Waals surface area contributed by atoms with E-state index in [1.165, 1.54) is 36.4 Å². The number of benzene rings is 4. The number of nitrogens with zero attached hydrogens (tertiary/aromatic N) is 4. The van der Waals surface area contributed by atoms with Gasteiger partial charge in [-0.3, -0.25) is 29.8 Å². The van der Waals surface area contributed by atoms with Crippen LogP contribution in [0.25, 0.3) is 0 Å². The Kier molecular flexibility index (Phi) is 10.7. The van der Waals surface area contributed by atoms with E-state index in [0.717, 1.165) is 35.7 Å². The Morgan fingerprint density at radius 2 is 1.02 bits per heavy atom. The maximum atomic E-state index is 12.4. The van der Waals surface area contributed by atoms with Crippen molar-refractivity contribution in [3.63, 3.8) is 0 Å². The predicted molar refractivity (Wildman–Crippen MR) is 170 cm³/mol. The summed E-state index contributed by atoms with van der Waals surface area (Å²) in [6.07, 6.45) is 2.03. The lowest BCUT2D eigenvalue weighted by Gasteiger charge is -2.06. The van der Waals surface area contributed by atoms with Crippen LogP contribution in [0.1, 0.15) is 43.0 Å². The van der Waals surface area contributed by atoms with Crippen LogP contribution < -0.4 is 20.3 Å². The summed E-state index contributed by atoms with van der Waals surface area (Å²) in [5, 5.41) is 30.3. The standard InChI is InChI=1S/C32H24N6O10/c1-19-5-3-7-23(13-19)31(41)47-27-11-9-21(15-25(27)37(43)44)17-33-35-29(39)30(40)36-34-18-22-10-12-28(26(16-22)38(45)46)48-32(42)24-8-4-6-20(2)14-24/h3-18H,1-2H3,(H,35,39)(H,36,40)/b33-17+,34-18+. The summed E-state index contributed by atoms with van der Waals surface area (Å²) >= 11 is 0. The first-order valence-corrected chi connectivity index (χ1v) is 13.7. The minimum absolute atomic E-state index is 0.130. The van der Waals surface area contributed by atoms with Gasteiger partial charge in [0.2, 0.25) is 11.5 Å². The molecule has 0 bridgehead atoms. The van der Waals surface area contributed by atoms with Crippen LogP contribution in [0.4, 0.5) is 11.4 Å². The van der Waals surface area contributed by atoms with Crippen molar-refractivity contribution in [2.75, 3.05) is 0 Å². The van der Waals surface area contributed by atoms with Crippen LogP contribution in [0.15, 0.2) is 95.1 Å². The van der Waals surface area contributed by atoms with Crippen LogP contribution in [0, 0.1) is 34.1 Å². The second-order valence-corrected chi connectivity index (χ2v) is 9.88. The van der Waals surface area contributed by atoms with Crippen molar-refractivity contribution < 1.29 is 38.5 Å². The topological polar surface area (TPSA) is 222 Å². The van der Waals surface area contributed by atoms with E-state index in [4.69, 9.17) is 9.47 Å². The largest absolute Gasteiger partial charge is 0.416 e. The number of amides is 2. The molecule has 0 saturated heterocycles. The van der Waals surface area contributed by atoms with E-state index in [9.17, 15) is 39.4 Å². The minimum atomic E-state index is -1.26. The molecule has 0 saturated carbocycles. The van der Waals surface area contributed by atoms with Gasteiger partial charge in [0.25, 0.3) is 0 Å². The highest BCUT2D eigenvalue weighted by Crippen LogP contribution is 2.29. The summed E-state index contributed by atoms with van der Waals surface area (Å²) in [5.74, 6) is -4.73. The third-order valence-electron chi connectivity index (χ3n) is 6.24. The van der Waals surface area contributed by atoms with Crippen LogP contribution in [-0.2, 0) is 9.59 Å². The molecule has 2 amide bonds. The summed E-state index contributed by atoms with van der Waals surface area (Å²) < 4.78 is 10.4. The number of carbonyl (C=O) groups is 4. The van der Waals surface area contributed by atoms with E-state index in [2.05, 4.69) is 10.2 Å². The van der Waals surface area contributed by atoms with Crippen molar-refractivity contribution in [3.05, 3.63) is 139 Å². The summed E-state index contributed by atoms with van der Waals surface area (Å²) in [7, 11) is 0. The number of ether oxygens (including phenoxy) is 2. The number of esters is 2. The molecule has 4 rings (SSSR count). The van der Waals surface area contributed by atoms with Crippen LogP contribution >= 0.6 is 0 Å². The average Bonchev–Trinajstić information content (AvgIpc) is 3.05. The zero-order valence-electron chi connectivity index (χ0n) is 25.1. The molecule has 16 nitrogen and oxygen atoms in total. The van der Waals surface area contributed by atoms with Crippen molar-refractivity contribution in [2.45, 2.75) is 13.8 Å². The van der Waals surface area contributed by atoms with Gasteiger partial charge in [-0.25, -0.2) is 20.4 Å². The Labute approximate surface area is 271 Å². The third kappa shape index (κ3) is 8.98. The number of nitrogens with one attached hydrogen (secondary N) is 2. The fourth-order valence-corrected chi connectivity index (χ4v) is 3.98. The first kappa shape index (κ1) is 33.8. The number of nitro benzene ring substituents is 2. The Morgan fingerprint density at radius 1 is 0.625 bits per heavy atom. The van der Waals surface area contributed by atoms with Gasteiger partial charge in [-0.15, -0.1) is 0 Å². The minimum Gasteiger partial charge on any atom is -0.416 e. The van der Waals surface area contributed by atoms with Gasteiger partial charge in [-0.05, 0) is 62.4 Å². The van der Waals surface area contributed by atoms with Crippen molar-refractivity contribution in [3.8, 4) is 11.5 Å². The smallest absolute Gasteiger partial charge is 0.343 e. The number of rotatable bonds is 10. The van der Waals surface area contributed by atoms with Crippen molar-refractivity contribution in [1.82, 2.24) is 10.9 Å². The van der Waals surface area contributed by atoms with Gasteiger partial charge in [0.1, 0.15) is 0 Å². The van der Waals surface area contributed by atoms with E-state index in [1.807, 2.05) is 10.9 Å². The maximum Gasteiger partial charge on any atom is 0.343 e. The van der Waals surface area contributed by atoms with E-state index in [0.29, 0.717) is 0 Å². The predicted octanol–water partition coefficient (Wildman–Crippen LogP) is 4.16. The molecule has 0 fully saturated rings. The van der Waals surface area contributed by atoms with Crippen LogP contribution in [0.3, 0.4) is 0 Å². The Hall–Kier alpha value is -7.10. The van der Waals surface area contributed by atoms with Crippen molar-refractivity contribution in [2.24, 2.45) is 10.2 Å². The molecule has 4 aromatic rings. The van der Waals surface area contributed by atoms with Gasteiger partial charge in [0, 0.05) is 23.3 Å². The second kappa shape index (κ2) is 15.3. The number of aryl methyl sites for hydroxylation is 2. The lowest BCUT2D eigenvalue weighted by Crippen LogP contribution is -2.35. The molecule has 0 aliphatic carbocycles. The molecule has 0 aliphatic heterocycles. The molecule has 0 aliphatic rings. The quantitative estimate of drug-likeness (QED) is 0.0621. The van der Waals surface area contributed by atoms with Crippen molar-refractivity contribution >= 4 is 47.6 Å². The number of hydrogen-bond acceptors (Lipinski definition) is 12. The zero-order chi connectivity index (χ0) is 34.8. The molecule has 0 atom stereocenters. The molecule has 0 heterocycles. The Morgan fingerprint density at radius 3 is 1.38 bits per heavy atom. The van der Waals surface area contributed by atoms with E-state index in [1.54, 1.807) is 50.2 Å². The molecular formula is C32H24N6O10. The highest BCUT2D eigenvalue weighted by molar-refractivity contribution is 6.35. The molecule has 2 N–H and O–H groups in total. The molecule has 0 radical (unpaired) electrons. The molecule has 0 unspecified atom stereocenters. The van der Waals surface area contributed by atoms with Crippen LogP contribution in [0.2, 0.25) is 0 Å². The number of nitro groups is 2. The SMILES string of the molecule is Cc1cccc(C(=O)Oc2ccc(/C=N/NC(=O)C(=O)N/N=C/c3ccc(OC(=O)c4cccc(C)c4)c([N+](=O)[O-])c3)cc2[N+](=O)[O-])c1. The van der Waals surface area contributed by atoms with Gasteiger partial charge in [0.15, 0.2) is 0 Å². The van der Waals surface area contributed by atoms with Gasteiger partial charge < -0.3 is 9.47 Å². The van der Waals surface area contributed by atoms with E-state index >= 15 is 0 Å². The molecule has 0 spiro atoms. The van der Waals surface area contributed by atoms with Crippen LogP contribution in [-0.4, -0.2) is 46.0 Å². The van der Waals surface area contributed by atoms with Gasteiger partial charge in [0.05, 0.1) is 33.4 Å². The highest BCUT2D eigenvalue weighted by atomic mass is 16.6. The number of hydrazone groups is 2. The first-order chi connectivity index (χ1) is 22.9. The fourth-order valence-electron chi connectivity index (χ4n) is 3.98. The zero-order valence-corrected chi connectivity index (χ0v) is 25.1. The molecule has 242 valence electrons. The van der Waals surface area contributed by atoms with Crippen molar-refractivity contribution in [1.29, 1.82) is 0 Å². The molecule has 0 aromatic heterocycles. The summed E-state index contributed by atoms with van der Waals surface area (Å²) in [6.45, 7) is 3.55. The van der Waals surface area contributed by atoms with Crippen LogP contribution in [0.5, 0.6) is 11.5 Å². The number of hydrogen-bond donors (Lipinski definition) is 2. The second-order valence-electron chi connectivity index (χ2n) is 9.88. The van der Waals surface area contributed by atoms with E-state index < -0.39 is 45.0 Å². The van der Waals surface area contributed by atoms with Gasteiger partial charge in [-0.1, -0.05) is 35.4 Å². The maximum absolute atomic E-state index is 12.4. The summed E-state index contributed by atoms with van der Waals surface area (Å²) in [6, 6.07) is 20.1. The Bertz CT molecular complexity index is 1860. The van der Waals surface area contributed by atoms with Gasteiger partial charge >= 0.3 is 35.1 Å². The number of carbonyl (C=O) groups excluding carboxylic acids is 4. The summed E-state index contributed by atoms with van der Waals surface area (Å²) in [4.78, 5) is 70.7. The molecular weight excluding hydrogens is 628 g/mol. The van der Waals surface area contributed by atoms with Gasteiger partial charge in [-0.2, -0.15) is 10.2 Å². The average molecular weight is 653 g/mol. The normalized spacial score (nSPS) is 10.8. The monoisotopic (exact) mass is 652 g/mol. The molecule has 48 heavy (non-hydrogen) atoms. The molecule has 16 heteroatoms. The Balaban J connectivity index is 1.34. The lowest BCUT2D eigenvalue weighted by atomic mass is 10.1. The third-order valence-corrected chi connectivity index (χ3v) is 6.24. The lowest BCUT2D eigenvalue weighted by molar-refractivity contribution is -0.385.